The first-order valence-electron chi connectivity index (χ1n) is 12.7. The molecule has 0 spiro atoms. The SMILES string of the molecule is Cc1ccc(NC(=O)c2oc3ccc(F)nc3c2NC(=O)[C@H]2CC[C@H](C(=O)N(C)CCN(C)C)CC2)nc1. The Morgan fingerprint density at radius 3 is 2.37 bits per heavy atom. The fourth-order valence-electron chi connectivity index (χ4n) is 4.54. The Balaban J connectivity index is 1.46. The third kappa shape index (κ3) is 6.34. The molecule has 1 aliphatic rings. The lowest BCUT2D eigenvalue weighted by Gasteiger charge is -2.30. The van der Waals surface area contributed by atoms with Crippen molar-refractivity contribution in [2.45, 2.75) is 32.6 Å². The fourth-order valence-corrected chi connectivity index (χ4v) is 4.54. The van der Waals surface area contributed by atoms with E-state index < -0.39 is 11.9 Å². The van der Waals surface area contributed by atoms with Gasteiger partial charge in [0.2, 0.25) is 23.5 Å². The van der Waals surface area contributed by atoms with Gasteiger partial charge in [0.05, 0.1) is 0 Å². The number of nitrogens with one attached hydrogen (secondary N) is 2. The topological polar surface area (TPSA) is 121 Å². The largest absolute Gasteiger partial charge is 0.447 e. The van der Waals surface area contributed by atoms with Crippen LogP contribution in [0.25, 0.3) is 11.1 Å². The van der Waals surface area contributed by atoms with E-state index in [2.05, 4.69) is 20.6 Å². The Kier molecular flexibility index (Phi) is 8.35. The van der Waals surface area contributed by atoms with Crippen molar-refractivity contribution in [1.82, 2.24) is 19.8 Å². The van der Waals surface area contributed by atoms with Crippen molar-refractivity contribution >= 4 is 40.3 Å². The van der Waals surface area contributed by atoms with E-state index in [1.807, 2.05) is 25.9 Å². The molecule has 0 saturated heterocycles. The van der Waals surface area contributed by atoms with Gasteiger partial charge in [-0.2, -0.15) is 4.39 Å². The summed E-state index contributed by atoms with van der Waals surface area (Å²) >= 11 is 0. The zero-order chi connectivity index (χ0) is 27.4. The minimum Gasteiger partial charge on any atom is -0.447 e. The van der Waals surface area contributed by atoms with Crippen molar-refractivity contribution in [3.63, 3.8) is 0 Å². The smallest absolute Gasteiger partial charge is 0.294 e. The minimum atomic E-state index is -0.765. The maximum absolute atomic E-state index is 14.0. The molecule has 0 bridgehead atoms. The number of halogens is 1. The summed E-state index contributed by atoms with van der Waals surface area (Å²) in [6.45, 7) is 3.30. The van der Waals surface area contributed by atoms with E-state index in [0.717, 1.165) is 18.2 Å². The van der Waals surface area contributed by atoms with Gasteiger partial charge in [0.1, 0.15) is 17.0 Å². The lowest BCUT2D eigenvalue weighted by Crippen LogP contribution is -2.39. The second kappa shape index (κ2) is 11.7. The fraction of sp³-hybridized carbons (Fsp3) is 0.444. The van der Waals surface area contributed by atoms with Gasteiger partial charge in [0, 0.05) is 38.2 Å². The summed E-state index contributed by atoms with van der Waals surface area (Å²) in [5.74, 6) is -2.03. The van der Waals surface area contributed by atoms with Crippen molar-refractivity contribution in [2.24, 2.45) is 11.8 Å². The number of hydrogen-bond donors (Lipinski definition) is 2. The van der Waals surface area contributed by atoms with Crippen LogP contribution in [0, 0.1) is 24.7 Å². The van der Waals surface area contributed by atoms with E-state index >= 15 is 0 Å². The van der Waals surface area contributed by atoms with Crippen LogP contribution in [-0.4, -0.2) is 71.7 Å². The Labute approximate surface area is 220 Å². The van der Waals surface area contributed by atoms with Crippen LogP contribution in [0.3, 0.4) is 0 Å². The maximum Gasteiger partial charge on any atom is 0.294 e. The Morgan fingerprint density at radius 1 is 1.00 bits per heavy atom. The van der Waals surface area contributed by atoms with E-state index in [9.17, 15) is 18.8 Å². The van der Waals surface area contributed by atoms with Crippen LogP contribution in [0.4, 0.5) is 15.9 Å². The molecule has 0 atom stereocenters. The highest BCUT2D eigenvalue weighted by Gasteiger charge is 2.33. The van der Waals surface area contributed by atoms with Gasteiger partial charge in [0.25, 0.3) is 5.91 Å². The van der Waals surface area contributed by atoms with Crippen molar-refractivity contribution in [3.05, 3.63) is 47.7 Å². The van der Waals surface area contributed by atoms with Gasteiger partial charge in [-0.3, -0.25) is 14.4 Å². The lowest BCUT2D eigenvalue weighted by atomic mass is 9.81. The number of anilines is 2. The molecule has 3 amide bonds. The van der Waals surface area contributed by atoms with E-state index in [1.165, 1.54) is 6.07 Å². The number of hydrogen-bond acceptors (Lipinski definition) is 7. The van der Waals surface area contributed by atoms with Crippen molar-refractivity contribution in [1.29, 1.82) is 0 Å². The maximum atomic E-state index is 14.0. The van der Waals surface area contributed by atoms with E-state index in [0.29, 0.717) is 38.0 Å². The lowest BCUT2D eigenvalue weighted by molar-refractivity contribution is -0.136. The first-order valence-corrected chi connectivity index (χ1v) is 12.7. The van der Waals surface area contributed by atoms with Crippen LogP contribution < -0.4 is 10.6 Å². The molecule has 3 aromatic rings. The first-order chi connectivity index (χ1) is 18.1. The second-order valence-electron chi connectivity index (χ2n) is 10.1. The zero-order valence-electron chi connectivity index (χ0n) is 22.1. The molecular formula is C27H33FN6O4. The summed E-state index contributed by atoms with van der Waals surface area (Å²) < 4.78 is 19.6. The highest BCUT2D eigenvalue weighted by Crippen LogP contribution is 2.34. The number of fused-ring (bicyclic) bond motifs is 1. The van der Waals surface area contributed by atoms with Crippen molar-refractivity contribution < 1.29 is 23.2 Å². The van der Waals surface area contributed by atoms with E-state index in [-0.39, 0.29) is 46.2 Å². The number of nitrogens with zero attached hydrogens (tertiary/aromatic N) is 4. The molecule has 11 heteroatoms. The van der Waals surface area contributed by atoms with Gasteiger partial charge in [-0.25, -0.2) is 9.97 Å². The monoisotopic (exact) mass is 524 g/mol. The number of aromatic nitrogens is 2. The molecule has 0 unspecified atom stereocenters. The zero-order valence-corrected chi connectivity index (χ0v) is 22.1. The molecule has 0 radical (unpaired) electrons. The molecule has 1 saturated carbocycles. The molecule has 202 valence electrons. The van der Waals surface area contributed by atoms with Gasteiger partial charge in [-0.15, -0.1) is 0 Å². The summed E-state index contributed by atoms with van der Waals surface area (Å²) in [6, 6.07) is 5.91. The van der Waals surface area contributed by atoms with Crippen LogP contribution >= 0.6 is 0 Å². The Bertz CT molecular complexity index is 1320. The summed E-state index contributed by atoms with van der Waals surface area (Å²) in [5.41, 5.74) is 1.15. The summed E-state index contributed by atoms with van der Waals surface area (Å²) in [7, 11) is 5.73. The molecule has 0 aromatic carbocycles. The molecule has 4 rings (SSSR count). The van der Waals surface area contributed by atoms with Gasteiger partial charge in [-0.05, 0) is 70.5 Å². The summed E-state index contributed by atoms with van der Waals surface area (Å²) in [4.78, 5) is 50.9. The third-order valence-electron chi connectivity index (χ3n) is 6.81. The van der Waals surface area contributed by atoms with Crippen LogP contribution in [0.2, 0.25) is 0 Å². The Hall–Kier alpha value is -3.86. The number of carbonyl (C=O) groups is 3. The van der Waals surface area contributed by atoms with Gasteiger partial charge in [-0.1, -0.05) is 6.07 Å². The van der Waals surface area contributed by atoms with Crippen molar-refractivity contribution in [3.8, 4) is 0 Å². The molecule has 10 nitrogen and oxygen atoms in total. The van der Waals surface area contributed by atoms with Crippen LogP contribution in [0.15, 0.2) is 34.9 Å². The highest BCUT2D eigenvalue weighted by molar-refractivity contribution is 6.13. The number of rotatable bonds is 8. The number of carbonyl (C=O) groups excluding carboxylic acids is 3. The molecule has 2 N–H and O–H groups in total. The Morgan fingerprint density at radius 2 is 1.71 bits per heavy atom. The quantitative estimate of drug-likeness (QED) is 0.431. The standard InChI is InChI=1S/C27H33FN6O4/c1-16-5-12-21(29-15-16)31-26(36)24-23(22-19(38-24)10-11-20(28)30-22)32-25(35)17-6-8-18(9-7-17)27(37)34(4)14-13-33(2)3/h5,10-12,15,17-18H,6-9,13-14H2,1-4H3,(H,32,35)(H,29,31,36)/t17-,18-. The summed E-state index contributed by atoms with van der Waals surface area (Å²) in [5, 5.41) is 5.40. The second-order valence-corrected chi connectivity index (χ2v) is 10.1. The molecule has 3 aromatic heterocycles. The molecule has 3 heterocycles. The first kappa shape index (κ1) is 27.2. The number of amides is 3. The normalized spacial score (nSPS) is 17.4. The average molecular weight is 525 g/mol. The average Bonchev–Trinajstić information content (AvgIpc) is 3.25. The van der Waals surface area contributed by atoms with E-state index in [4.69, 9.17) is 4.42 Å². The minimum absolute atomic E-state index is 0.00994. The van der Waals surface area contributed by atoms with E-state index in [1.54, 1.807) is 30.3 Å². The molecule has 0 aliphatic heterocycles. The number of aryl methyl sites for hydroxylation is 1. The third-order valence-corrected chi connectivity index (χ3v) is 6.81. The van der Waals surface area contributed by atoms with Crippen LogP contribution in [-0.2, 0) is 9.59 Å². The number of pyridine rings is 2. The molecule has 38 heavy (non-hydrogen) atoms. The van der Waals surface area contributed by atoms with Crippen molar-refractivity contribution in [2.75, 3.05) is 44.9 Å². The predicted octanol–water partition coefficient (Wildman–Crippen LogP) is 3.69. The number of furan rings is 1. The predicted molar refractivity (Wildman–Crippen MR) is 141 cm³/mol. The van der Waals surface area contributed by atoms with Gasteiger partial charge in [0.15, 0.2) is 5.58 Å². The molecular weight excluding hydrogens is 491 g/mol. The van der Waals surface area contributed by atoms with Gasteiger partial charge >= 0.3 is 0 Å². The highest BCUT2D eigenvalue weighted by atomic mass is 19.1. The molecule has 1 aliphatic carbocycles. The molecule has 1 fully saturated rings. The summed E-state index contributed by atoms with van der Waals surface area (Å²) in [6.07, 6.45) is 3.84. The van der Waals surface area contributed by atoms with Crippen LogP contribution in [0.5, 0.6) is 0 Å². The number of likely N-dealkylation sites (N-methyl/N-ethyl adjacent to an activating group) is 2. The van der Waals surface area contributed by atoms with Gasteiger partial charge < -0.3 is 24.9 Å². The van der Waals surface area contributed by atoms with Crippen LogP contribution in [0.1, 0.15) is 41.8 Å².